The zero-order valence-electron chi connectivity index (χ0n) is 13.3. The van der Waals surface area contributed by atoms with Crippen LogP contribution in [-0.2, 0) is 0 Å². The summed E-state index contributed by atoms with van der Waals surface area (Å²) >= 11 is 0. The van der Waals surface area contributed by atoms with E-state index in [0.29, 0.717) is 6.04 Å². The SMILES string of the molecule is COc1ccc(NC(=O)N2CCC[C@@H]2CN2CCCC2)cc1. The molecule has 2 aliphatic rings. The van der Waals surface area contributed by atoms with E-state index in [1.807, 2.05) is 29.2 Å². The maximum absolute atomic E-state index is 12.5. The third kappa shape index (κ3) is 3.53. The number of methoxy groups -OCH3 is 1. The Hall–Kier alpha value is -1.75. The predicted molar refractivity (Wildman–Crippen MR) is 87.4 cm³/mol. The van der Waals surface area contributed by atoms with Gasteiger partial charge >= 0.3 is 6.03 Å². The lowest BCUT2D eigenvalue weighted by molar-refractivity contribution is 0.186. The van der Waals surface area contributed by atoms with Gasteiger partial charge in [-0.3, -0.25) is 0 Å². The van der Waals surface area contributed by atoms with Crippen molar-refractivity contribution in [2.75, 3.05) is 38.6 Å². The van der Waals surface area contributed by atoms with Crippen LogP contribution in [0.3, 0.4) is 0 Å². The Bertz CT molecular complexity index is 497. The topological polar surface area (TPSA) is 44.8 Å². The minimum Gasteiger partial charge on any atom is -0.497 e. The van der Waals surface area contributed by atoms with Crippen molar-refractivity contribution in [3.8, 4) is 5.75 Å². The third-order valence-electron chi connectivity index (χ3n) is 4.65. The molecule has 0 radical (unpaired) electrons. The Kier molecular flexibility index (Phi) is 4.83. The monoisotopic (exact) mass is 303 g/mol. The summed E-state index contributed by atoms with van der Waals surface area (Å²) in [6, 6.07) is 7.86. The van der Waals surface area contributed by atoms with E-state index in [0.717, 1.165) is 37.4 Å². The number of likely N-dealkylation sites (tertiary alicyclic amines) is 2. The van der Waals surface area contributed by atoms with Crippen molar-refractivity contribution in [2.45, 2.75) is 31.7 Å². The van der Waals surface area contributed by atoms with Gasteiger partial charge in [0.2, 0.25) is 0 Å². The van der Waals surface area contributed by atoms with E-state index in [1.54, 1.807) is 7.11 Å². The smallest absolute Gasteiger partial charge is 0.322 e. The van der Waals surface area contributed by atoms with Crippen LogP contribution in [0.4, 0.5) is 10.5 Å². The first-order valence-electron chi connectivity index (χ1n) is 8.20. The number of benzene rings is 1. The molecular weight excluding hydrogens is 278 g/mol. The van der Waals surface area contributed by atoms with Gasteiger partial charge in [0.15, 0.2) is 0 Å². The molecule has 5 nitrogen and oxygen atoms in total. The quantitative estimate of drug-likeness (QED) is 0.930. The summed E-state index contributed by atoms with van der Waals surface area (Å²) in [4.78, 5) is 17.0. The Balaban J connectivity index is 1.57. The van der Waals surface area contributed by atoms with Crippen molar-refractivity contribution in [2.24, 2.45) is 0 Å². The standard InChI is InChI=1S/C17H25N3O2/c1-22-16-8-6-14(7-9-16)18-17(21)20-12-4-5-15(20)13-19-10-2-3-11-19/h6-9,15H,2-5,10-13H2,1H3,(H,18,21)/t15-/m1/s1. The average Bonchev–Trinajstić information content (AvgIpc) is 3.20. The van der Waals surface area contributed by atoms with Gasteiger partial charge in [-0.15, -0.1) is 0 Å². The van der Waals surface area contributed by atoms with Crippen molar-refractivity contribution in [1.29, 1.82) is 0 Å². The average molecular weight is 303 g/mol. The van der Waals surface area contributed by atoms with E-state index < -0.39 is 0 Å². The maximum Gasteiger partial charge on any atom is 0.322 e. The van der Waals surface area contributed by atoms with Gasteiger partial charge in [-0.05, 0) is 63.0 Å². The second-order valence-corrected chi connectivity index (χ2v) is 6.16. The molecule has 120 valence electrons. The fourth-order valence-electron chi connectivity index (χ4n) is 3.43. The minimum absolute atomic E-state index is 0.0202. The summed E-state index contributed by atoms with van der Waals surface area (Å²) in [6.45, 7) is 4.26. The molecule has 2 heterocycles. The zero-order valence-corrected chi connectivity index (χ0v) is 13.3. The van der Waals surface area contributed by atoms with Crippen LogP contribution in [0.1, 0.15) is 25.7 Å². The van der Waals surface area contributed by atoms with Gasteiger partial charge in [0, 0.05) is 24.8 Å². The molecule has 0 aromatic heterocycles. The number of hydrogen-bond donors (Lipinski definition) is 1. The van der Waals surface area contributed by atoms with Crippen LogP contribution >= 0.6 is 0 Å². The number of rotatable bonds is 4. The zero-order chi connectivity index (χ0) is 15.4. The molecule has 2 aliphatic heterocycles. The highest BCUT2D eigenvalue weighted by Crippen LogP contribution is 2.22. The van der Waals surface area contributed by atoms with E-state index in [2.05, 4.69) is 10.2 Å². The Labute approximate surface area is 132 Å². The van der Waals surface area contributed by atoms with Gasteiger partial charge in [0.05, 0.1) is 7.11 Å². The Morgan fingerprint density at radius 1 is 1.18 bits per heavy atom. The fraction of sp³-hybridized carbons (Fsp3) is 0.588. The molecule has 2 fully saturated rings. The molecule has 22 heavy (non-hydrogen) atoms. The molecule has 0 spiro atoms. The summed E-state index contributed by atoms with van der Waals surface area (Å²) in [5, 5.41) is 3.00. The second-order valence-electron chi connectivity index (χ2n) is 6.16. The molecule has 2 amide bonds. The van der Waals surface area contributed by atoms with Crippen molar-refractivity contribution < 1.29 is 9.53 Å². The molecule has 1 N–H and O–H groups in total. The molecule has 0 unspecified atom stereocenters. The largest absolute Gasteiger partial charge is 0.497 e. The van der Waals surface area contributed by atoms with Crippen LogP contribution in [0.15, 0.2) is 24.3 Å². The number of carbonyl (C=O) groups is 1. The van der Waals surface area contributed by atoms with E-state index >= 15 is 0 Å². The van der Waals surface area contributed by atoms with Gasteiger partial charge in [-0.2, -0.15) is 0 Å². The lowest BCUT2D eigenvalue weighted by Gasteiger charge is -2.28. The number of amides is 2. The number of urea groups is 1. The van der Waals surface area contributed by atoms with Crippen LogP contribution in [0.2, 0.25) is 0 Å². The number of nitrogens with zero attached hydrogens (tertiary/aromatic N) is 2. The summed E-state index contributed by atoms with van der Waals surface area (Å²) in [5.74, 6) is 0.797. The number of anilines is 1. The highest BCUT2D eigenvalue weighted by atomic mass is 16.5. The molecule has 1 atom stereocenters. The molecule has 0 aliphatic carbocycles. The molecular formula is C17H25N3O2. The lowest BCUT2D eigenvalue weighted by atomic mass is 10.2. The van der Waals surface area contributed by atoms with Crippen molar-refractivity contribution in [3.05, 3.63) is 24.3 Å². The number of hydrogen-bond acceptors (Lipinski definition) is 3. The fourth-order valence-corrected chi connectivity index (χ4v) is 3.43. The molecule has 0 bridgehead atoms. The molecule has 2 saturated heterocycles. The molecule has 5 heteroatoms. The second kappa shape index (κ2) is 7.01. The predicted octanol–water partition coefficient (Wildman–Crippen LogP) is 2.79. The third-order valence-corrected chi connectivity index (χ3v) is 4.65. The van der Waals surface area contributed by atoms with E-state index in [1.165, 1.54) is 25.9 Å². The summed E-state index contributed by atoms with van der Waals surface area (Å²) < 4.78 is 5.14. The summed E-state index contributed by atoms with van der Waals surface area (Å²) in [7, 11) is 1.64. The van der Waals surface area contributed by atoms with Crippen LogP contribution in [-0.4, -0.2) is 55.2 Å². The van der Waals surface area contributed by atoms with Gasteiger partial charge in [-0.1, -0.05) is 0 Å². The van der Waals surface area contributed by atoms with Crippen molar-refractivity contribution in [1.82, 2.24) is 9.80 Å². The van der Waals surface area contributed by atoms with Gasteiger partial charge < -0.3 is 19.9 Å². The van der Waals surface area contributed by atoms with E-state index in [9.17, 15) is 4.79 Å². The van der Waals surface area contributed by atoms with Gasteiger partial charge in [-0.25, -0.2) is 4.79 Å². The van der Waals surface area contributed by atoms with Crippen molar-refractivity contribution >= 4 is 11.7 Å². The Morgan fingerprint density at radius 3 is 2.59 bits per heavy atom. The van der Waals surface area contributed by atoms with Crippen molar-refractivity contribution in [3.63, 3.8) is 0 Å². The normalized spacial score (nSPS) is 22.0. The molecule has 1 aromatic rings. The van der Waals surface area contributed by atoms with E-state index in [4.69, 9.17) is 4.74 Å². The Morgan fingerprint density at radius 2 is 1.91 bits per heavy atom. The van der Waals surface area contributed by atoms with Crippen LogP contribution in [0, 0.1) is 0 Å². The lowest BCUT2D eigenvalue weighted by Crippen LogP contribution is -2.44. The van der Waals surface area contributed by atoms with E-state index in [-0.39, 0.29) is 6.03 Å². The number of nitrogens with one attached hydrogen (secondary N) is 1. The summed E-state index contributed by atoms with van der Waals surface area (Å²) in [5.41, 5.74) is 0.817. The maximum atomic E-state index is 12.5. The molecule has 0 saturated carbocycles. The number of carbonyl (C=O) groups excluding carboxylic acids is 1. The molecule has 1 aromatic carbocycles. The molecule has 3 rings (SSSR count). The number of ether oxygens (including phenoxy) is 1. The first-order chi connectivity index (χ1) is 10.8. The first-order valence-corrected chi connectivity index (χ1v) is 8.20. The van der Waals surface area contributed by atoms with Gasteiger partial charge in [0.25, 0.3) is 0 Å². The van der Waals surface area contributed by atoms with Crippen LogP contribution < -0.4 is 10.1 Å². The van der Waals surface area contributed by atoms with Gasteiger partial charge in [0.1, 0.15) is 5.75 Å². The first kappa shape index (κ1) is 15.2. The highest BCUT2D eigenvalue weighted by Gasteiger charge is 2.30. The van der Waals surface area contributed by atoms with Crippen LogP contribution in [0.5, 0.6) is 5.75 Å². The summed E-state index contributed by atoms with van der Waals surface area (Å²) in [6.07, 6.45) is 4.82. The minimum atomic E-state index is 0.0202. The highest BCUT2D eigenvalue weighted by molar-refractivity contribution is 5.89. The van der Waals surface area contributed by atoms with Crippen LogP contribution in [0.25, 0.3) is 0 Å².